The Bertz CT molecular complexity index is 944. The van der Waals surface area contributed by atoms with E-state index in [0.29, 0.717) is 17.0 Å². The molecule has 9 nitrogen and oxygen atoms in total. The zero-order chi connectivity index (χ0) is 21.9. The first kappa shape index (κ1) is 21.5. The molecule has 2 aromatic rings. The fourth-order valence-electron chi connectivity index (χ4n) is 2.96. The maximum Gasteiger partial charge on any atom is 0.573 e. The quantitative estimate of drug-likeness (QED) is 0.556. The second-order valence-corrected chi connectivity index (χ2v) is 6.76. The average molecular weight is 426 g/mol. The predicted octanol–water partition coefficient (Wildman–Crippen LogP) is 1.91. The number of benzene rings is 1. The van der Waals surface area contributed by atoms with Crippen LogP contribution in [0.2, 0.25) is 0 Å². The van der Waals surface area contributed by atoms with E-state index in [4.69, 9.17) is 0 Å². The van der Waals surface area contributed by atoms with Crippen molar-refractivity contribution < 1.29 is 32.2 Å². The minimum absolute atomic E-state index is 0.0241. The number of amides is 1. The molecule has 30 heavy (non-hydrogen) atoms. The summed E-state index contributed by atoms with van der Waals surface area (Å²) in [6.07, 6.45) is -4.93. The summed E-state index contributed by atoms with van der Waals surface area (Å²) in [6.45, 7) is 2.36. The van der Waals surface area contributed by atoms with Gasteiger partial charge < -0.3 is 14.8 Å². The Kier molecular flexibility index (Phi) is 5.89. The van der Waals surface area contributed by atoms with Gasteiger partial charge in [0, 0.05) is 6.07 Å². The van der Waals surface area contributed by atoms with Crippen LogP contribution in [0.25, 0.3) is 0 Å². The highest BCUT2D eigenvalue weighted by atomic mass is 19.4. The summed E-state index contributed by atoms with van der Waals surface area (Å²) >= 11 is 0. The second-order valence-electron chi connectivity index (χ2n) is 6.76. The van der Waals surface area contributed by atoms with E-state index in [-0.39, 0.29) is 16.9 Å². The van der Waals surface area contributed by atoms with Crippen molar-refractivity contribution in [3.05, 3.63) is 41.6 Å². The van der Waals surface area contributed by atoms with Crippen molar-refractivity contribution in [3.8, 4) is 5.75 Å². The van der Waals surface area contributed by atoms with Gasteiger partial charge in [-0.3, -0.25) is 14.6 Å². The van der Waals surface area contributed by atoms with Gasteiger partial charge in [-0.2, -0.15) is 0 Å². The lowest BCUT2D eigenvalue weighted by atomic mass is 10.1. The topological polar surface area (TPSA) is 102 Å². The number of ether oxygens (including phenoxy) is 2. The number of carbonyl (C=O) groups is 2. The van der Waals surface area contributed by atoms with E-state index in [1.54, 1.807) is 6.07 Å². The fourth-order valence-corrected chi connectivity index (χ4v) is 2.96. The lowest BCUT2D eigenvalue weighted by Gasteiger charge is -2.25. The highest BCUT2D eigenvalue weighted by Crippen LogP contribution is 2.28. The van der Waals surface area contributed by atoms with Crippen LogP contribution in [0, 0.1) is 0 Å². The fraction of sp³-hybridized carbons (Fsp3) is 0.333. The number of nitrogens with zero attached hydrogens (tertiary/aromatic N) is 3. The summed E-state index contributed by atoms with van der Waals surface area (Å²) in [7, 11) is 3.04. The molecule has 1 aliphatic heterocycles. The van der Waals surface area contributed by atoms with E-state index in [9.17, 15) is 22.8 Å². The molecule has 1 aromatic heterocycles. The Hall–Kier alpha value is -3.25. The first-order valence-corrected chi connectivity index (χ1v) is 8.80. The molecule has 1 saturated heterocycles. The number of esters is 1. The number of nitrogens with one attached hydrogen (secondary N) is 2. The monoisotopic (exact) mass is 426 g/mol. The third-order valence-corrected chi connectivity index (χ3v) is 4.56. The minimum atomic E-state index is -4.93. The van der Waals surface area contributed by atoms with Crippen molar-refractivity contribution in [2.24, 2.45) is 0 Å². The molecule has 1 aromatic carbocycles. The first-order chi connectivity index (χ1) is 14.1. The minimum Gasteiger partial charge on any atom is -0.465 e. The van der Waals surface area contributed by atoms with Crippen LogP contribution in [0.15, 0.2) is 30.3 Å². The zero-order valence-electron chi connectivity index (χ0n) is 16.1. The van der Waals surface area contributed by atoms with Gasteiger partial charge in [-0.1, -0.05) is 5.10 Å². The molecule has 0 aliphatic carbocycles. The molecule has 3 rings (SSSR count). The van der Waals surface area contributed by atoms with Gasteiger partial charge in [0.05, 0.1) is 38.5 Å². The first-order valence-electron chi connectivity index (χ1n) is 8.80. The van der Waals surface area contributed by atoms with Crippen LogP contribution >= 0.6 is 0 Å². The van der Waals surface area contributed by atoms with Gasteiger partial charge in [0.15, 0.2) is 5.69 Å². The number of quaternary nitrogens is 1. The van der Waals surface area contributed by atoms with Gasteiger partial charge >= 0.3 is 12.3 Å². The lowest BCUT2D eigenvalue weighted by molar-refractivity contribution is -0.274. The number of alkyl halides is 3. The molecule has 1 atom stereocenters. The van der Waals surface area contributed by atoms with Crippen LogP contribution < -0.4 is 19.9 Å². The number of halogens is 3. The molecule has 2 heterocycles. The van der Waals surface area contributed by atoms with Crippen molar-refractivity contribution in [1.29, 1.82) is 0 Å². The summed E-state index contributed by atoms with van der Waals surface area (Å²) in [5.74, 6) is -1.58. The Morgan fingerprint density at radius 3 is 2.53 bits per heavy atom. The molecule has 1 unspecified atom stereocenters. The average Bonchev–Trinajstić information content (AvgIpc) is 3.15. The Morgan fingerprint density at radius 1 is 1.20 bits per heavy atom. The van der Waals surface area contributed by atoms with Crippen LogP contribution in [0.5, 0.6) is 5.75 Å². The zero-order valence-corrected chi connectivity index (χ0v) is 16.1. The molecule has 1 amide bonds. The van der Waals surface area contributed by atoms with Crippen LogP contribution in [0.3, 0.4) is 0 Å². The number of likely N-dealkylation sites (N-methyl/N-ethyl adjacent to an activating group) is 1. The molecule has 1 aliphatic rings. The molecule has 12 heteroatoms. The third kappa shape index (κ3) is 4.83. The van der Waals surface area contributed by atoms with E-state index in [1.165, 1.54) is 6.07 Å². The summed E-state index contributed by atoms with van der Waals surface area (Å²) in [5, 5.41) is 13.7. The number of methoxy groups -OCH3 is 1. The summed E-state index contributed by atoms with van der Waals surface area (Å²) < 4.78 is 46.2. The van der Waals surface area contributed by atoms with Gasteiger partial charge in [0.1, 0.15) is 12.4 Å². The predicted molar refractivity (Wildman–Crippen MR) is 99.9 cm³/mol. The number of hydrogen-bond donors (Lipinski definition) is 2. The van der Waals surface area contributed by atoms with E-state index in [1.807, 2.05) is 7.05 Å². The Morgan fingerprint density at radius 2 is 1.97 bits per heavy atom. The van der Waals surface area contributed by atoms with E-state index >= 15 is 0 Å². The molecule has 1 fully saturated rings. The molecule has 0 saturated carbocycles. The van der Waals surface area contributed by atoms with Crippen LogP contribution in [0.1, 0.15) is 20.8 Å². The van der Waals surface area contributed by atoms with Gasteiger partial charge in [0.25, 0.3) is 5.91 Å². The van der Waals surface area contributed by atoms with Crippen LogP contribution in [0.4, 0.5) is 24.7 Å². The number of hydrogen-bond acceptors (Lipinski definition) is 7. The van der Waals surface area contributed by atoms with Crippen LogP contribution in [-0.4, -0.2) is 62.4 Å². The Labute approximate surface area is 169 Å². The standard InChI is InChI=1S/C18H18F3N5O4/c1-26(8-7-22-10-26)15-6-5-14(24-25-15)16(27)23-13-4-3-11(30-18(19,20)21)9-12(13)17(28)29-2/h3-6,9,22H,7-8,10H2,1-2H3/p+1. The Balaban J connectivity index is 1.80. The lowest BCUT2D eigenvalue weighted by Crippen LogP contribution is -2.44. The molecule has 0 radical (unpaired) electrons. The van der Waals surface area contributed by atoms with Crippen LogP contribution in [-0.2, 0) is 4.74 Å². The second kappa shape index (κ2) is 8.24. The number of carbonyl (C=O) groups excluding carboxylic acids is 2. The van der Waals surface area contributed by atoms with Crippen molar-refractivity contribution in [1.82, 2.24) is 20.0 Å². The number of anilines is 1. The normalized spacial score (nSPS) is 18.7. The van der Waals surface area contributed by atoms with E-state index in [0.717, 1.165) is 38.4 Å². The van der Waals surface area contributed by atoms with Crippen molar-refractivity contribution in [2.75, 3.05) is 39.2 Å². The molecule has 160 valence electrons. The van der Waals surface area contributed by atoms with E-state index in [2.05, 4.69) is 30.3 Å². The summed E-state index contributed by atoms with van der Waals surface area (Å²) in [4.78, 5) is 24.5. The largest absolute Gasteiger partial charge is 0.573 e. The maximum atomic E-state index is 12.5. The summed E-state index contributed by atoms with van der Waals surface area (Å²) in [5.41, 5.74) is -0.391. The van der Waals surface area contributed by atoms with Gasteiger partial charge in [-0.15, -0.1) is 18.3 Å². The molecule has 0 bridgehead atoms. The number of aromatic nitrogens is 2. The highest BCUT2D eigenvalue weighted by molar-refractivity contribution is 6.07. The van der Waals surface area contributed by atoms with E-state index < -0.39 is 24.0 Å². The van der Waals surface area contributed by atoms with Crippen molar-refractivity contribution in [2.45, 2.75) is 6.36 Å². The summed E-state index contributed by atoms with van der Waals surface area (Å²) in [6, 6.07) is 6.06. The smallest absolute Gasteiger partial charge is 0.465 e. The van der Waals surface area contributed by atoms with Gasteiger partial charge in [0.2, 0.25) is 5.82 Å². The maximum absolute atomic E-state index is 12.5. The van der Waals surface area contributed by atoms with Gasteiger partial charge in [-0.25, -0.2) is 4.79 Å². The molecule has 0 spiro atoms. The molecular formula is C18H19F3N5O4+. The third-order valence-electron chi connectivity index (χ3n) is 4.56. The highest BCUT2D eigenvalue weighted by Gasteiger charge is 2.32. The van der Waals surface area contributed by atoms with Crippen molar-refractivity contribution in [3.63, 3.8) is 0 Å². The van der Waals surface area contributed by atoms with Gasteiger partial charge in [-0.05, 0) is 24.3 Å². The SMILES string of the molecule is COC(=O)c1cc(OC(F)(F)F)ccc1NC(=O)c1ccc([N+]2(C)CCNC2)nn1. The molecule has 2 N–H and O–H groups in total. The molecular weight excluding hydrogens is 407 g/mol. The van der Waals surface area contributed by atoms with Crippen molar-refractivity contribution >= 4 is 23.4 Å². The number of rotatable bonds is 5.